The van der Waals surface area contributed by atoms with Gasteiger partial charge in [0.1, 0.15) is 11.5 Å². The molecule has 1 aliphatic heterocycles. The van der Waals surface area contributed by atoms with E-state index in [0.717, 1.165) is 67.5 Å². The van der Waals surface area contributed by atoms with Gasteiger partial charge in [-0.2, -0.15) is 5.10 Å². The zero-order valence-corrected chi connectivity index (χ0v) is 21.6. The molecule has 192 valence electrons. The highest BCUT2D eigenvalue weighted by molar-refractivity contribution is 5.77. The van der Waals surface area contributed by atoms with E-state index >= 15 is 0 Å². The lowest BCUT2D eigenvalue weighted by Crippen LogP contribution is -2.48. The number of hydrogen-bond acceptors (Lipinski definition) is 6. The molecule has 1 N–H and O–H groups in total. The van der Waals surface area contributed by atoms with Crippen LogP contribution in [-0.2, 0) is 11.2 Å². The third kappa shape index (κ3) is 6.44. The standard InChI is InChI=1S/C28H37N5O3/c1-4-31-16-18-32(19-17-31)15-14-29-27(34)13-10-22-21-33(23-8-6-5-7-9-23)30-28(22)25-20-24(35-2)11-12-26(25)36-3/h5-9,11-12,20-21H,4,10,13-19H2,1-3H3,(H,29,34). The molecule has 2 aromatic carbocycles. The molecule has 0 spiro atoms. The van der Waals surface area contributed by atoms with Gasteiger partial charge in [-0.05, 0) is 48.9 Å². The monoisotopic (exact) mass is 491 g/mol. The van der Waals surface area contributed by atoms with Crippen molar-refractivity contribution in [2.75, 3.05) is 60.0 Å². The third-order valence-electron chi connectivity index (χ3n) is 6.76. The first-order valence-corrected chi connectivity index (χ1v) is 12.7. The first kappa shape index (κ1) is 25.7. The number of ether oxygens (including phenoxy) is 2. The fraction of sp³-hybridized carbons (Fsp3) is 0.429. The summed E-state index contributed by atoms with van der Waals surface area (Å²) in [4.78, 5) is 17.6. The largest absolute Gasteiger partial charge is 0.497 e. The van der Waals surface area contributed by atoms with Crippen LogP contribution in [0.3, 0.4) is 0 Å². The van der Waals surface area contributed by atoms with Crippen molar-refractivity contribution in [3.05, 3.63) is 60.3 Å². The number of piperazine rings is 1. The van der Waals surface area contributed by atoms with Crippen LogP contribution in [0.2, 0.25) is 0 Å². The molecule has 1 amide bonds. The third-order valence-corrected chi connectivity index (χ3v) is 6.76. The van der Waals surface area contributed by atoms with E-state index in [2.05, 4.69) is 22.0 Å². The molecule has 1 aromatic heterocycles. The Morgan fingerprint density at radius 3 is 2.44 bits per heavy atom. The molecule has 0 bridgehead atoms. The van der Waals surface area contributed by atoms with E-state index < -0.39 is 0 Å². The van der Waals surface area contributed by atoms with Crippen LogP contribution in [0.5, 0.6) is 11.5 Å². The maximum absolute atomic E-state index is 12.7. The van der Waals surface area contributed by atoms with Gasteiger partial charge in [0.2, 0.25) is 5.91 Å². The number of carbonyl (C=O) groups is 1. The summed E-state index contributed by atoms with van der Waals surface area (Å²) in [7, 11) is 3.29. The van der Waals surface area contributed by atoms with Crippen LogP contribution in [-0.4, -0.2) is 85.5 Å². The summed E-state index contributed by atoms with van der Waals surface area (Å²) in [6.07, 6.45) is 2.97. The summed E-state index contributed by atoms with van der Waals surface area (Å²) in [5, 5.41) is 7.99. The quantitative estimate of drug-likeness (QED) is 0.444. The smallest absolute Gasteiger partial charge is 0.220 e. The van der Waals surface area contributed by atoms with Crippen LogP contribution >= 0.6 is 0 Å². The van der Waals surface area contributed by atoms with Gasteiger partial charge >= 0.3 is 0 Å². The van der Waals surface area contributed by atoms with Crippen molar-refractivity contribution in [3.8, 4) is 28.4 Å². The number of aromatic nitrogens is 2. The Morgan fingerprint density at radius 1 is 1.00 bits per heavy atom. The van der Waals surface area contributed by atoms with E-state index in [0.29, 0.717) is 25.1 Å². The lowest BCUT2D eigenvalue weighted by atomic mass is 10.0. The van der Waals surface area contributed by atoms with Crippen molar-refractivity contribution in [2.45, 2.75) is 19.8 Å². The summed E-state index contributed by atoms with van der Waals surface area (Å²) in [5.74, 6) is 1.49. The van der Waals surface area contributed by atoms with Gasteiger partial charge < -0.3 is 19.7 Å². The number of benzene rings is 2. The number of nitrogens with one attached hydrogen (secondary N) is 1. The molecular weight excluding hydrogens is 454 g/mol. The molecule has 0 saturated carbocycles. The fourth-order valence-electron chi connectivity index (χ4n) is 4.55. The van der Waals surface area contributed by atoms with E-state index in [-0.39, 0.29) is 5.91 Å². The Bertz CT molecular complexity index is 1120. The molecule has 8 nitrogen and oxygen atoms in total. The highest BCUT2D eigenvalue weighted by atomic mass is 16.5. The predicted molar refractivity (Wildman–Crippen MR) is 142 cm³/mol. The first-order chi connectivity index (χ1) is 17.6. The van der Waals surface area contributed by atoms with Gasteiger partial charge in [-0.3, -0.25) is 9.69 Å². The molecule has 0 unspecified atom stereocenters. The van der Waals surface area contributed by atoms with Crippen LogP contribution in [0, 0.1) is 0 Å². The van der Waals surface area contributed by atoms with Gasteiger partial charge in [0.05, 0.1) is 25.6 Å². The fourth-order valence-corrected chi connectivity index (χ4v) is 4.55. The molecule has 3 aromatic rings. The highest BCUT2D eigenvalue weighted by Gasteiger charge is 2.19. The van der Waals surface area contributed by atoms with Crippen LogP contribution in [0.4, 0.5) is 0 Å². The second-order valence-electron chi connectivity index (χ2n) is 8.98. The van der Waals surface area contributed by atoms with Crippen molar-refractivity contribution in [1.29, 1.82) is 0 Å². The van der Waals surface area contributed by atoms with E-state index in [9.17, 15) is 4.79 Å². The number of para-hydroxylation sites is 1. The number of amides is 1. The second kappa shape index (κ2) is 12.6. The molecule has 1 fully saturated rings. The van der Waals surface area contributed by atoms with E-state index in [1.54, 1.807) is 14.2 Å². The Kier molecular flexibility index (Phi) is 8.97. The Balaban J connectivity index is 1.44. The molecule has 0 aliphatic carbocycles. The summed E-state index contributed by atoms with van der Waals surface area (Å²) >= 11 is 0. The molecule has 0 radical (unpaired) electrons. The highest BCUT2D eigenvalue weighted by Crippen LogP contribution is 2.35. The zero-order valence-electron chi connectivity index (χ0n) is 21.6. The number of methoxy groups -OCH3 is 2. The molecule has 4 rings (SSSR count). The van der Waals surface area contributed by atoms with E-state index in [4.69, 9.17) is 14.6 Å². The van der Waals surface area contributed by atoms with Crippen molar-refractivity contribution < 1.29 is 14.3 Å². The average molecular weight is 492 g/mol. The predicted octanol–water partition coefficient (Wildman–Crippen LogP) is 3.24. The maximum atomic E-state index is 12.7. The molecular formula is C28H37N5O3. The van der Waals surface area contributed by atoms with Gasteiger partial charge in [-0.1, -0.05) is 25.1 Å². The Hall–Kier alpha value is -3.36. The van der Waals surface area contributed by atoms with E-state index in [1.165, 1.54) is 0 Å². The minimum atomic E-state index is 0.0539. The summed E-state index contributed by atoms with van der Waals surface area (Å²) in [6.45, 7) is 9.21. The number of carbonyl (C=O) groups excluding carboxylic acids is 1. The van der Waals surface area contributed by atoms with Crippen LogP contribution in [0.15, 0.2) is 54.7 Å². The van der Waals surface area contributed by atoms with Crippen molar-refractivity contribution in [1.82, 2.24) is 24.9 Å². The van der Waals surface area contributed by atoms with Gasteiger partial charge in [-0.15, -0.1) is 0 Å². The zero-order chi connectivity index (χ0) is 25.3. The molecule has 2 heterocycles. The molecule has 1 saturated heterocycles. The van der Waals surface area contributed by atoms with Crippen molar-refractivity contribution in [3.63, 3.8) is 0 Å². The number of nitrogens with zero attached hydrogens (tertiary/aromatic N) is 4. The molecule has 0 atom stereocenters. The van der Waals surface area contributed by atoms with Crippen molar-refractivity contribution >= 4 is 5.91 Å². The number of likely N-dealkylation sites (N-methyl/N-ethyl adjacent to an activating group) is 1. The second-order valence-corrected chi connectivity index (χ2v) is 8.98. The topological polar surface area (TPSA) is 71.9 Å². The van der Waals surface area contributed by atoms with Crippen LogP contribution in [0.25, 0.3) is 16.9 Å². The Morgan fingerprint density at radius 2 is 1.75 bits per heavy atom. The Labute approximate surface area is 213 Å². The van der Waals surface area contributed by atoms with E-state index in [1.807, 2.05) is 59.4 Å². The lowest BCUT2D eigenvalue weighted by Gasteiger charge is -2.33. The van der Waals surface area contributed by atoms with Crippen LogP contribution in [0.1, 0.15) is 18.9 Å². The number of hydrogen-bond donors (Lipinski definition) is 1. The molecule has 8 heteroatoms. The van der Waals surface area contributed by atoms with Crippen molar-refractivity contribution in [2.24, 2.45) is 0 Å². The normalized spacial score (nSPS) is 14.5. The van der Waals surface area contributed by atoms with Gasteiger partial charge in [-0.25, -0.2) is 4.68 Å². The first-order valence-electron chi connectivity index (χ1n) is 12.7. The summed E-state index contributed by atoms with van der Waals surface area (Å²) < 4.78 is 12.9. The summed E-state index contributed by atoms with van der Waals surface area (Å²) in [6, 6.07) is 15.6. The van der Waals surface area contributed by atoms with Gasteiger partial charge in [0.25, 0.3) is 0 Å². The number of aryl methyl sites for hydroxylation is 1. The minimum absolute atomic E-state index is 0.0539. The molecule has 1 aliphatic rings. The minimum Gasteiger partial charge on any atom is -0.497 e. The summed E-state index contributed by atoms with van der Waals surface area (Å²) in [5.41, 5.74) is 3.57. The van der Waals surface area contributed by atoms with Gasteiger partial charge in [0, 0.05) is 57.4 Å². The van der Waals surface area contributed by atoms with Gasteiger partial charge in [0.15, 0.2) is 0 Å². The molecule has 36 heavy (non-hydrogen) atoms. The van der Waals surface area contributed by atoms with Crippen LogP contribution < -0.4 is 14.8 Å². The lowest BCUT2D eigenvalue weighted by molar-refractivity contribution is -0.121. The maximum Gasteiger partial charge on any atom is 0.220 e. The SMILES string of the molecule is CCN1CCN(CCNC(=O)CCc2cn(-c3ccccc3)nc2-c2cc(OC)ccc2OC)CC1. The number of rotatable bonds is 11. The average Bonchev–Trinajstić information content (AvgIpc) is 3.36.